The Balaban J connectivity index is 2.17. The van der Waals surface area contributed by atoms with E-state index in [4.69, 9.17) is 4.74 Å². The van der Waals surface area contributed by atoms with Crippen molar-refractivity contribution in [1.29, 1.82) is 0 Å². The van der Waals surface area contributed by atoms with Gasteiger partial charge in [-0.3, -0.25) is 4.79 Å². The number of aromatic nitrogens is 1. The van der Waals surface area contributed by atoms with E-state index in [-0.39, 0.29) is 5.91 Å². The van der Waals surface area contributed by atoms with Crippen LogP contribution in [0.2, 0.25) is 0 Å². The molecular formula is C20H24BrIN3O3+. The van der Waals surface area contributed by atoms with E-state index in [0.29, 0.717) is 25.3 Å². The Hall–Kier alpha value is -1.68. The smallest absolute Gasteiger partial charge is 0.407 e. The van der Waals surface area contributed by atoms with Crippen LogP contribution >= 0.6 is 38.5 Å². The van der Waals surface area contributed by atoms with Crippen LogP contribution in [0.5, 0.6) is 0 Å². The first-order chi connectivity index (χ1) is 13.5. The number of nitrogens with zero attached hydrogens (tertiary/aromatic N) is 2. The summed E-state index contributed by atoms with van der Waals surface area (Å²) in [7, 11) is 0. The van der Waals surface area contributed by atoms with Gasteiger partial charge in [0.05, 0.1) is 4.47 Å². The minimum atomic E-state index is -0.472. The third-order valence-electron chi connectivity index (χ3n) is 3.84. The number of hydrogen-bond donors (Lipinski definition) is 1. The second-order valence-electron chi connectivity index (χ2n) is 6.02. The Morgan fingerprint density at radius 1 is 1.25 bits per heavy atom. The number of hydrogen-bond acceptors (Lipinski definition) is 3. The fourth-order valence-electron chi connectivity index (χ4n) is 2.67. The molecule has 2 amide bonds. The van der Waals surface area contributed by atoms with Crippen molar-refractivity contribution in [1.82, 2.24) is 5.32 Å². The third-order valence-corrected chi connectivity index (χ3v) is 4.72. The maximum absolute atomic E-state index is 13.2. The predicted molar refractivity (Wildman–Crippen MR) is 121 cm³/mol. The van der Waals surface area contributed by atoms with Crippen LogP contribution in [0.3, 0.4) is 0 Å². The number of ether oxygens (including phenoxy) is 1. The lowest BCUT2D eigenvalue weighted by Gasteiger charge is -2.23. The number of benzene rings is 1. The highest BCUT2D eigenvalue weighted by Crippen LogP contribution is 2.18. The van der Waals surface area contributed by atoms with Gasteiger partial charge >= 0.3 is 6.09 Å². The van der Waals surface area contributed by atoms with Gasteiger partial charge in [-0.1, -0.05) is 47.7 Å². The molecule has 0 aliphatic rings. The topological polar surface area (TPSA) is 62.5 Å². The van der Waals surface area contributed by atoms with Crippen molar-refractivity contribution in [2.75, 3.05) is 29.0 Å². The van der Waals surface area contributed by atoms with Crippen LogP contribution in [0.15, 0.2) is 53.3 Å². The van der Waals surface area contributed by atoms with Gasteiger partial charge in [0.25, 0.3) is 5.91 Å². The lowest BCUT2D eigenvalue weighted by molar-refractivity contribution is -0.697. The van der Waals surface area contributed by atoms with E-state index < -0.39 is 6.09 Å². The van der Waals surface area contributed by atoms with E-state index in [1.165, 1.54) is 0 Å². The molecule has 0 aliphatic carbocycles. The number of carbonyl (C=O) groups is 2. The molecule has 1 heterocycles. The van der Waals surface area contributed by atoms with Crippen LogP contribution in [-0.4, -0.2) is 36.1 Å². The van der Waals surface area contributed by atoms with Crippen molar-refractivity contribution in [2.45, 2.75) is 19.9 Å². The summed E-state index contributed by atoms with van der Waals surface area (Å²) in [5.74, 6) is -0.125. The van der Waals surface area contributed by atoms with Crippen molar-refractivity contribution >= 4 is 56.2 Å². The van der Waals surface area contributed by atoms with E-state index in [1.807, 2.05) is 53.4 Å². The Kier molecular flexibility index (Phi) is 9.69. The van der Waals surface area contributed by atoms with Crippen LogP contribution in [0, 0.1) is 0 Å². The molecule has 0 spiro atoms. The quantitative estimate of drug-likeness (QED) is 0.287. The lowest BCUT2D eigenvalue weighted by Crippen LogP contribution is -2.41. The molecule has 8 heteroatoms. The van der Waals surface area contributed by atoms with E-state index in [0.717, 1.165) is 27.6 Å². The van der Waals surface area contributed by atoms with Crippen molar-refractivity contribution < 1.29 is 18.9 Å². The maximum Gasteiger partial charge on any atom is 0.407 e. The Morgan fingerprint density at radius 2 is 2.00 bits per heavy atom. The molecule has 0 saturated heterocycles. The zero-order chi connectivity index (χ0) is 20.4. The molecule has 0 radical (unpaired) electrons. The van der Waals surface area contributed by atoms with Gasteiger partial charge in [0.15, 0.2) is 12.4 Å². The molecule has 0 fully saturated rings. The number of pyridine rings is 1. The summed E-state index contributed by atoms with van der Waals surface area (Å²) in [6.07, 6.45) is 4.31. The van der Waals surface area contributed by atoms with Gasteiger partial charge in [-0.25, -0.2) is 9.36 Å². The molecule has 1 N–H and O–H groups in total. The molecule has 0 bridgehead atoms. The molecule has 0 unspecified atom stereocenters. The van der Waals surface area contributed by atoms with Crippen LogP contribution in [-0.2, 0) is 11.3 Å². The molecule has 2 rings (SSSR count). The monoisotopic (exact) mass is 560 g/mol. The van der Waals surface area contributed by atoms with Crippen molar-refractivity contribution in [3.63, 3.8) is 0 Å². The molecule has 28 heavy (non-hydrogen) atoms. The fraction of sp³-hybridized carbons (Fsp3) is 0.350. The average molecular weight is 561 g/mol. The summed E-state index contributed by atoms with van der Waals surface area (Å²) in [5, 5.41) is 2.69. The Morgan fingerprint density at radius 3 is 2.68 bits per heavy atom. The number of rotatable bonds is 9. The van der Waals surface area contributed by atoms with Crippen LogP contribution in [0.25, 0.3) is 0 Å². The second-order valence-corrected chi connectivity index (χ2v) is 8.02. The fourth-order valence-corrected chi connectivity index (χ4v) is 3.40. The molecule has 0 aliphatic heterocycles. The highest BCUT2D eigenvalue weighted by molar-refractivity contribution is 14.1. The second kappa shape index (κ2) is 12.0. The number of alkyl carbamates (subject to hydrolysis) is 1. The number of anilines is 1. The Labute approximate surface area is 187 Å². The van der Waals surface area contributed by atoms with Crippen LogP contribution in [0.1, 0.15) is 23.7 Å². The number of aryl methyl sites for hydroxylation is 1. The van der Waals surface area contributed by atoms with Gasteiger partial charge in [-0.05, 0) is 34.1 Å². The van der Waals surface area contributed by atoms with Crippen molar-refractivity contribution in [3.8, 4) is 0 Å². The zero-order valence-electron chi connectivity index (χ0n) is 15.7. The maximum atomic E-state index is 13.2. The van der Waals surface area contributed by atoms with Gasteiger partial charge in [0.2, 0.25) is 0 Å². The number of halogens is 2. The molecule has 0 saturated carbocycles. The molecular weight excluding hydrogens is 537 g/mol. The SMILES string of the molecule is CCC[n+]1cc(Br)cc(C(=O)N(CCNC(=O)OCCI)c2ccccc2)c1. The molecule has 1 aromatic heterocycles. The minimum Gasteiger partial charge on any atom is -0.449 e. The molecule has 150 valence electrons. The van der Waals surface area contributed by atoms with Gasteiger partial charge in [0, 0.05) is 29.6 Å². The summed E-state index contributed by atoms with van der Waals surface area (Å²) in [6.45, 7) is 3.92. The number of para-hydroxylation sites is 1. The molecule has 1 aromatic carbocycles. The van der Waals surface area contributed by atoms with Gasteiger partial charge in [0.1, 0.15) is 18.7 Å². The normalized spacial score (nSPS) is 10.4. The number of alkyl halides is 1. The van der Waals surface area contributed by atoms with Crippen molar-refractivity contribution in [2.24, 2.45) is 0 Å². The Bertz CT molecular complexity index is 790. The first-order valence-electron chi connectivity index (χ1n) is 9.08. The van der Waals surface area contributed by atoms with Crippen LogP contribution in [0.4, 0.5) is 10.5 Å². The van der Waals surface area contributed by atoms with E-state index in [1.54, 1.807) is 4.90 Å². The standard InChI is InChI=1S/C20H23BrIN3O3/c1-2-10-24-14-16(13-17(21)15-24)19(26)25(18-6-4-3-5-7-18)11-9-23-20(27)28-12-8-22/h3-7,13-15H,2,8-12H2,1H3/p+1. The predicted octanol–water partition coefficient (Wildman–Crippen LogP) is 3.95. The zero-order valence-corrected chi connectivity index (χ0v) is 19.5. The highest BCUT2D eigenvalue weighted by Gasteiger charge is 2.21. The summed E-state index contributed by atoms with van der Waals surface area (Å²) < 4.78 is 8.60. The number of nitrogens with one attached hydrogen (secondary N) is 1. The van der Waals surface area contributed by atoms with E-state index in [2.05, 4.69) is 50.8 Å². The lowest BCUT2D eigenvalue weighted by atomic mass is 10.2. The number of carbonyl (C=O) groups excluding carboxylic acids is 2. The van der Waals surface area contributed by atoms with Gasteiger partial charge in [-0.2, -0.15) is 0 Å². The molecule has 2 aromatic rings. The van der Waals surface area contributed by atoms with Gasteiger partial charge < -0.3 is 15.0 Å². The van der Waals surface area contributed by atoms with E-state index >= 15 is 0 Å². The minimum absolute atomic E-state index is 0.125. The summed E-state index contributed by atoms with van der Waals surface area (Å²) >= 11 is 5.63. The molecule has 6 nitrogen and oxygen atoms in total. The van der Waals surface area contributed by atoms with Crippen LogP contribution < -0.4 is 14.8 Å². The molecule has 0 atom stereocenters. The van der Waals surface area contributed by atoms with Crippen molar-refractivity contribution in [3.05, 3.63) is 58.8 Å². The van der Waals surface area contributed by atoms with E-state index in [9.17, 15) is 9.59 Å². The largest absolute Gasteiger partial charge is 0.449 e. The van der Waals surface area contributed by atoms with Gasteiger partial charge in [-0.15, -0.1) is 0 Å². The summed E-state index contributed by atoms with van der Waals surface area (Å²) in [5.41, 5.74) is 1.36. The third kappa shape index (κ3) is 7.05. The number of amides is 2. The first kappa shape index (κ1) is 22.6. The average Bonchev–Trinajstić information content (AvgIpc) is 2.69. The highest BCUT2D eigenvalue weighted by atomic mass is 127. The first-order valence-corrected chi connectivity index (χ1v) is 11.4. The summed E-state index contributed by atoms with van der Waals surface area (Å²) in [4.78, 5) is 26.6. The summed E-state index contributed by atoms with van der Waals surface area (Å²) in [6, 6.07) is 11.2.